The van der Waals surface area contributed by atoms with E-state index in [2.05, 4.69) is 26.9 Å². The highest BCUT2D eigenvalue weighted by Crippen LogP contribution is 2.36. The highest BCUT2D eigenvalue weighted by atomic mass is 35.5. The molecule has 0 saturated heterocycles. The number of nitrogens with zero attached hydrogens (tertiary/aromatic N) is 5. The fraction of sp³-hybridized carbons (Fsp3) is 0.273. The average Bonchev–Trinajstić information content (AvgIpc) is 3.25. The van der Waals surface area contributed by atoms with Gasteiger partial charge in [-0.25, -0.2) is 0 Å². The van der Waals surface area contributed by atoms with Crippen molar-refractivity contribution in [1.29, 1.82) is 0 Å². The minimum atomic E-state index is -0.184. The van der Waals surface area contributed by atoms with Crippen molar-refractivity contribution in [2.75, 3.05) is 11.4 Å². The number of nitrogens with one attached hydrogen (secondary N) is 1. The van der Waals surface area contributed by atoms with Crippen molar-refractivity contribution in [2.24, 2.45) is 0 Å². The summed E-state index contributed by atoms with van der Waals surface area (Å²) in [5, 5.41) is 16.0. The van der Waals surface area contributed by atoms with Crippen LogP contribution in [0.3, 0.4) is 0 Å². The van der Waals surface area contributed by atoms with Crippen molar-refractivity contribution in [2.45, 2.75) is 32.4 Å². The molecule has 0 spiro atoms. The van der Waals surface area contributed by atoms with Crippen LogP contribution in [0.4, 0.5) is 5.95 Å². The lowest BCUT2D eigenvalue weighted by atomic mass is 10.0. The van der Waals surface area contributed by atoms with Crippen molar-refractivity contribution >= 4 is 29.2 Å². The molecule has 7 nitrogen and oxygen atoms in total. The van der Waals surface area contributed by atoms with Gasteiger partial charge in [-0.2, -0.15) is 4.68 Å². The molecule has 1 aromatic heterocycles. The molecule has 0 saturated carbocycles. The van der Waals surface area contributed by atoms with Crippen LogP contribution in [0.2, 0.25) is 5.02 Å². The van der Waals surface area contributed by atoms with Gasteiger partial charge in [-0.05, 0) is 53.1 Å². The third kappa shape index (κ3) is 4.07. The van der Waals surface area contributed by atoms with Crippen LogP contribution in [0.5, 0.6) is 0 Å². The Balaban J connectivity index is 1.77. The second kappa shape index (κ2) is 8.67. The minimum absolute atomic E-state index is 0.0862. The molecule has 2 heterocycles. The third-order valence-electron chi connectivity index (χ3n) is 5.19. The predicted octanol–water partition coefficient (Wildman–Crippen LogP) is 3.69. The molecule has 0 fully saturated rings. The van der Waals surface area contributed by atoms with E-state index in [1.165, 1.54) is 0 Å². The Kier molecular flexibility index (Phi) is 5.81. The summed E-state index contributed by atoms with van der Waals surface area (Å²) < 4.78 is 1.74. The first kappa shape index (κ1) is 20.1. The molecule has 2 atom stereocenters. The van der Waals surface area contributed by atoms with Crippen molar-refractivity contribution in [3.05, 3.63) is 76.8 Å². The van der Waals surface area contributed by atoms with Crippen molar-refractivity contribution in [3.8, 4) is 0 Å². The molecule has 0 aliphatic carbocycles. The minimum Gasteiger partial charge on any atom is -0.352 e. The van der Waals surface area contributed by atoms with Gasteiger partial charge in [0.1, 0.15) is 12.6 Å². The highest BCUT2D eigenvalue weighted by molar-refractivity contribution is 6.30. The van der Waals surface area contributed by atoms with Gasteiger partial charge in [0, 0.05) is 11.1 Å². The van der Waals surface area contributed by atoms with Gasteiger partial charge >= 0.3 is 0 Å². The first-order valence-electron chi connectivity index (χ1n) is 9.94. The van der Waals surface area contributed by atoms with Crippen LogP contribution in [0, 0.1) is 0 Å². The van der Waals surface area contributed by atoms with E-state index in [1.807, 2.05) is 73.3 Å². The van der Waals surface area contributed by atoms with E-state index < -0.39 is 0 Å². The SMILES string of the molecule is CC[C@@H](C)NC(=O)CN1C(c2ccc(Cl)cc2)=C[C@H](c2ccccc2)n2nnnc21. The Bertz CT molecular complexity index is 1050. The summed E-state index contributed by atoms with van der Waals surface area (Å²) in [5.41, 5.74) is 2.86. The van der Waals surface area contributed by atoms with E-state index >= 15 is 0 Å². The van der Waals surface area contributed by atoms with Crippen LogP contribution >= 0.6 is 11.6 Å². The molecule has 1 aliphatic heterocycles. The number of tetrazole rings is 1. The van der Waals surface area contributed by atoms with E-state index in [9.17, 15) is 4.79 Å². The lowest BCUT2D eigenvalue weighted by Crippen LogP contribution is -2.42. The molecule has 3 aromatic rings. The standard InChI is InChI=1S/C22H23ClN6O/c1-3-15(2)24-21(30)14-28-19(17-9-11-18(23)12-10-17)13-20(16-7-5-4-6-8-16)29-22(28)25-26-27-29/h4-13,15,20H,3,14H2,1-2H3,(H,24,30)/t15-,20-/m1/s1. The summed E-state index contributed by atoms with van der Waals surface area (Å²) in [5.74, 6) is 0.438. The fourth-order valence-electron chi connectivity index (χ4n) is 3.45. The van der Waals surface area contributed by atoms with Gasteiger partial charge in [-0.1, -0.05) is 66.1 Å². The van der Waals surface area contributed by atoms with Crippen LogP contribution < -0.4 is 10.2 Å². The molecule has 0 bridgehead atoms. The molecule has 1 aliphatic rings. The number of benzene rings is 2. The first-order valence-corrected chi connectivity index (χ1v) is 10.3. The van der Waals surface area contributed by atoms with Crippen LogP contribution in [0.1, 0.15) is 37.4 Å². The maximum absolute atomic E-state index is 12.7. The highest BCUT2D eigenvalue weighted by Gasteiger charge is 2.32. The number of rotatable bonds is 6. The van der Waals surface area contributed by atoms with Crippen LogP contribution in [0.15, 0.2) is 60.7 Å². The Labute approximate surface area is 180 Å². The molecule has 1 N–H and O–H groups in total. The predicted molar refractivity (Wildman–Crippen MR) is 117 cm³/mol. The van der Waals surface area contributed by atoms with Gasteiger partial charge in [0.15, 0.2) is 0 Å². The van der Waals surface area contributed by atoms with Gasteiger partial charge in [0.05, 0.1) is 5.70 Å². The fourth-order valence-corrected chi connectivity index (χ4v) is 3.57. The van der Waals surface area contributed by atoms with E-state index in [0.717, 1.165) is 23.2 Å². The maximum Gasteiger partial charge on any atom is 0.251 e. The van der Waals surface area contributed by atoms with Crippen LogP contribution in [0.25, 0.3) is 5.70 Å². The zero-order chi connectivity index (χ0) is 21.1. The second-order valence-corrected chi connectivity index (χ2v) is 7.74. The van der Waals surface area contributed by atoms with Gasteiger partial charge in [0.25, 0.3) is 5.95 Å². The molecule has 0 unspecified atom stereocenters. The summed E-state index contributed by atoms with van der Waals surface area (Å²) in [6, 6.07) is 17.5. The lowest BCUT2D eigenvalue weighted by molar-refractivity contribution is -0.120. The van der Waals surface area contributed by atoms with Gasteiger partial charge in [-0.3, -0.25) is 9.69 Å². The van der Waals surface area contributed by atoms with Gasteiger partial charge < -0.3 is 5.32 Å². The molecule has 2 aromatic carbocycles. The first-order chi connectivity index (χ1) is 14.6. The number of anilines is 1. The number of allylic oxidation sites excluding steroid dienone is 1. The number of hydrogen-bond donors (Lipinski definition) is 1. The van der Waals surface area contributed by atoms with Crippen LogP contribution in [-0.4, -0.2) is 38.7 Å². The number of carbonyl (C=O) groups excluding carboxylic acids is 1. The Morgan fingerprint density at radius 1 is 1.17 bits per heavy atom. The second-order valence-electron chi connectivity index (χ2n) is 7.30. The van der Waals surface area contributed by atoms with E-state index in [-0.39, 0.29) is 24.5 Å². The molecule has 30 heavy (non-hydrogen) atoms. The summed E-state index contributed by atoms with van der Waals surface area (Å²) in [6.45, 7) is 4.14. The largest absolute Gasteiger partial charge is 0.352 e. The molecule has 0 radical (unpaired) electrons. The molecule has 8 heteroatoms. The summed E-state index contributed by atoms with van der Waals surface area (Å²) in [7, 11) is 0. The van der Waals surface area contributed by atoms with E-state index in [1.54, 1.807) is 4.68 Å². The van der Waals surface area contributed by atoms with Gasteiger partial charge in [0.2, 0.25) is 5.91 Å². The zero-order valence-electron chi connectivity index (χ0n) is 16.9. The Hall–Kier alpha value is -3.19. The number of hydrogen-bond acceptors (Lipinski definition) is 5. The molecular weight excluding hydrogens is 400 g/mol. The number of carbonyl (C=O) groups is 1. The molecule has 4 rings (SSSR count). The van der Waals surface area contributed by atoms with Gasteiger partial charge in [-0.15, -0.1) is 0 Å². The topological polar surface area (TPSA) is 75.9 Å². The van der Waals surface area contributed by atoms with Crippen molar-refractivity contribution < 1.29 is 4.79 Å². The Morgan fingerprint density at radius 3 is 2.60 bits per heavy atom. The maximum atomic E-state index is 12.7. The van der Waals surface area contributed by atoms with Crippen molar-refractivity contribution in [3.63, 3.8) is 0 Å². The molecule has 154 valence electrons. The normalized spacial score (nSPS) is 16.6. The number of amides is 1. The summed E-state index contributed by atoms with van der Waals surface area (Å²) >= 11 is 6.10. The van der Waals surface area contributed by atoms with E-state index in [0.29, 0.717) is 11.0 Å². The lowest BCUT2D eigenvalue weighted by Gasteiger charge is -2.32. The smallest absolute Gasteiger partial charge is 0.251 e. The Morgan fingerprint density at radius 2 is 1.90 bits per heavy atom. The van der Waals surface area contributed by atoms with Crippen molar-refractivity contribution in [1.82, 2.24) is 25.5 Å². The van der Waals surface area contributed by atoms with E-state index in [4.69, 9.17) is 11.6 Å². The third-order valence-corrected chi connectivity index (χ3v) is 5.44. The zero-order valence-corrected chi connectivity index (χ0v) is 17.6. The number of fused-ring (bicyclic) bond motifs is 1. The summed E-state index contributed by atoms with van der Waals surface area (Å²) in [6.07, 6.45) is 2.94. The average molecular weight is 423 g/mol. The molecule has 1 amide bonds. The molecular formula is C22H23ClN6O. The van der Waals surface area contributed by atoms with Crippen LogP contribution in [-0.2, 0) is 4.79 Å². The number of aromatic nitrogens is 4. The monoisotopic (exact) mass is 422 g/mol. The summed E-state index contributed by atoms with van der Waals surface area (Å²) in [4.78, 5) is 14.6. The quantitative estimate of drug-likeness (QED) is 0.655. The number of halogens is 1.